The molecule has 0 radical (unpaired) electrons. The van der Waals surface area contributed by atoms with Crippen molar-refractivity contribution in [1.82, 2.24) is 9.80 Å². The van der Waals surface area contributed by atoms with Crippen LogP contribution in [0.1, 0.15) is 11.1 Å². The summed E-state index contributed by atoms with van der Waals surface area (Å²) in [7, 11) is -3.07. The van der Waals surface area contributed by atoms with Gasteiger partial charge in [0.25, 0.3) is 0 Å². The van der Waals surface area contributed by atoms with Crippen LogP contribution in [0.15, 0.2) is 36.4 Å². The van der Waals surface area contributed by atoms with Gasteiger partial charge in [-0.05, 0) is 12.5 Å². The monoisotopic (exact) mass is 416 g/mol. The molecular formula is C21H24N2O5S. The van der Waals surface area contributed by atoms with Crippen molar-refractivity contribution in [3.63, 3.8) is 0 Å². The summed E-state index contributed by atoms with van der Waals surface area (Å²) >= 11 is 0. The number of ether oxygens (including phenoxy) is 1. The van der Waals surface area contributed by atoms with E-state index in [1.807, 2.05) is 37.3 Å². The van der Waals surface area contributed by atoms with Crippen LogP contribution >= 0.6 is 0 Å². The van der Waals surface area contributed by atoms with Crippen molar-refractivity contribution in [3.8, 4) is 0 Å². The van der Waals surface area contributed by atoms with E-state index < -0.39 is 33.4 Å². The molecule has 5 rings (SSSR count). The summed E-state index contributed by atoms with van der Waals surface area (Å²) in [4.78, 5) is 29.9. The maximum Gasteiger partial charge on any atom is 0.230 e. The van der Waals surface area contributed by atoms with Crippen molar-refractivity contribution in [2.75, 3.05) is 31.1 Å². The number of amides is 2. The van der Waals surface area contributed by atoms with Gasteiger partial charge < -0.3 is 14.5 Å². The fraction of sp³-hybridized carbons (Fsp3) is 0.524. The number of carbonyl (C=O) groups excluding carboxylic acids is 2. The number of fused-ring (bicyclic) bond motifs is 1. The van der Waals surface area contributed by atoms with Gasteiger partial charge in [-0.15, -0.1) is 0 Å². The highest BCUT2D eigenvalue weighted by Crippen LogP contribution is 2.52. The fourth-order valence-electron chi connectivity index (χ4n) is 5.17. The molecule has 4 heterocycles. The number of benzene rings is 1. The zero-order chi connectivity index (χ0) is 20.4. The highest BCUT2D eigenvalue weighted by molar-refractivity contribution is 7.91. The Morgan fingerprint density at radius 1 is 1.28 bits per heavy atom. The lowest BCUT2D eigenvalue weighted by molar-refractivity contribution is -0.143. The average Bonchev–Trinajstić information content (AvgIpc) is 3.30. The van der Waals surface area contributed by atoms with Gasteiger partial charge in [0.15, 0.2) is 9.84 Å². The maximum absolute atomic E-state index is 13.3. The van der Waals surface area contributed by atoms with Crippen LogP contribution in [0.5, 0.6) is 0 Å². The van der Waals surface area contributed by atoms with Crippen LogP contribution in [0.2, 0.25) is 0 Å². The Balaban J connectivity index is 1.37. The molecule has 0 N–H and O–H groups in total. The van der Waals surface area contributed by atoms with Crippen LogP contribution < -0.4 is 0 Å². The lowest BCUT2D eigenvalue weighted by atomic mass is 9.76. The van der Waals surface area contributed by atoms with Gasteiger partial charge in [-0.2, -0.15) is 0 Å². The van der Waals surface area contributed by atoms with Gasteiger partial charge in [-0.3, -0.25) is 9.59 Å². The molecule has 4 atom stereocenters. The molecule has 1 aromatic rings. The molecule has 0 aliphatic carbocycles. The van der Waals surface area contributed by atoms with Crippen LogP contribution in [-0.2, 0) is 30.7 Å². The molecule has 1 spiro atoms. The summed E-state index contributed by atoms with van der Waals surface area (Å²) in [6.45, 7) is 3.33. The topological polar surface area (TPSA) is 84.0 Å². The molecule has 8 heteroatoms. The standard InChI is InChI=1S/C21H24N2O5S/c1-14-3-2-4-15(11-14)12-23-13-21-6-5-16(28-21)17(18(21)20(23)25)19(24)22-7-9-29(26,27)10-8-22/h2-6,11,16-18H,7-10,12-13H2,1H3/t16-,17?,18?,21-/m1/s1. The molecule has 3 fully saturated rings. The number of hydrogen-bond acceptors (Lipinski definition) is 5. The first-order valence-electron chi connectivity index (χ1n) is 9.99. The number of nitrogens with zero attached hydrogens (tertiary/aromatic N) is 2. The smallest absolute Gasteiger partial charge is 0.230 e. The molecule has 2 amide bonds. The predicted molar refractivity (Wildman–Crippen MR) is 106 cm³/mol. The normalized spacial score (nSPS) is 34.7. The minimum atomic E-state index is -3.07. The summed E-state index contributed by atoms with van der Waals surface area (Å²) in [5.74, 6) is -1.36. The fourth-order valence-corrected chi connectivity index (χ4v) is 6.37. The molecular weight excluding hydrogens is 392 g/mol. The van der Waals surface area contributed by atoms with E-state index in [9.17, 15) is 18.0 Å². The van der Waals surface area contributed by atoms with Crippen molar-refractivity contribution < 1.29 is 22.7 Å². The summed E-state index contributed by atoms with van der Waals surface area (Å²) in [6, 6.07) is 8.05. The summed E-state index contributed by atoms with van der Waals surface area (Å²) in [5, 5.41) is 0. The quantitative estimate of drug-likeness (QED) is 0.672. The Bertz CT molecular complexity index is 1010. The van der Waals surface area contributed by atoms with Crippen molar-refractivity contribution in [3.05, 3.63) is 47.5 Å². The van der Waals surface area contributed by atoms with Crippen molar-refractivity contribution in [1.29, 1.82) is 0 Å². The van der Waals surface area contributed by atoms with Crippen molar-refractivity contribution in [2.24, 2.45) is 11.8 Å². The minimum absolute atomic E-state index is 0.0178. The summed E-state index contributed by atoms with van der Waals surface area (Å²) < 4.78 is 29.6. The molecule has 7 nitrogen and oxygen atoms in total. The van der Waals surface area contributed by atoms with Crippen molar-refractivity contribution >= 4 is 21.7 Å². The van der Waals surface area contributed by atoms with E-state index in [0.717, 1.165) is 11.1 Å². The zero-order valence-electron chi connectivity index (χ0n) is 16.3. The van der Waals surface area contributed by atoms with Crippen LogP contribution in [0.3, 0.4) is 0 Å². The average molecular weight is 416 g/mol. The maximum atomic E-state index is 13.3. The Labute approximate surface area is 170 Å². The van der Waals surface area contributed by atoms with Crippen LogP contribution in [0.25, 0.3) is 0 Å². The molecule has 29 heavy (non-hydrogen) atoms. The third-order valence-electron chi connectivity index (χ3n) is 6.58. The molecule has 154 valence electrons. The number of rotatable bonds is 3. The SMILES string of the molecule is Cc1cccc(CN2C[C@@]34C=C[C@@H](O3)C(C(=O)N3CCS(=O)(=O)CC3)C4C2=O)c1. The zero-order valence-corrected chi connectivity index (χ0v) is 17.1. The van der Waals surface area contributed by atoms with Gasteiger partial charge in [0.05, 0.1) is 36.0 Å². The highest BCUT2D eigenvalue weighted by Gasteiger charge is 2.67. The molecule has 2 unspecified atom stereocenters. The third kappa shape index (κ3) is 3.00. The van der Waals surface area contributed by atoms with Gasteiger partial charge in [0.1, 0.15) is 5.60 Å². The van der Waals surface area contributed by atoms with Gasteiger partial charge in [0.2, 0.25) is 11.8 Å². The summed E-state index contributed by atoms with van der Waals surface area (Å²) in [6.07, 6.45) is 3.43. The van der Waals surface area contributed by atoms with E-state index in [-0.39, 0.29) is 36.4 Å². The highest BCUT2D eigenvalue weighted by atomic mass is 32.2. The summed E-state index contributed by atoms with van der Waals surface area (Å²) in [5.41, 5.74) is 1.45. The van der Waals surface area contributed by atoms with Crippen LogP contribution in [0, 0.1) is 18.8 Å². The van der Waals surface area contributed by atoms with E-state index in [0.29, 0.717) is 13.1 Å². The van der Waals surface area contributed by atoms with E-state index >= 15 is 0 Å². The predicted octanol–water partition coefficient (Wildman–Crippen LogP) is 0.534. The van der Waals surface area contributed by atoms with Gasteiger partial charge in [-0.25, -0.2) is 8.42 Å². The third-order valence-corrected chi connectivity index (χ3v) is 8.19. The van der Waals surface area contributed by atoms with E-state index in [1.165, 1.54) is 0 Å². The lowest BCUT2D eigenvalue weighted by Gasteiger charge is -2.32. The first-order valence-corrected chi connectivity index (χ1v) is 11.8. The van der Waals surface area contributed by atoms with Gasteiger partial charge in [-0.1, -0.05) is 42.0 Å². The second-order valence-electron chi connectivity index (χ2n) is 8.56. The lowest BCUT2D eigenvalue weighted by Crippen LogP contribution is -2.50. The van der Waals surface area contributed by atoms with Gasteiger partial charge in [0, 0.05) is 19.6 Å². The van der Waals surface area contributed by atoms with E-state index in [2.05, 4.69) is 6.07 Å². The Morgan fingerprint density at radius 2 is 2.03 bits per heavy atom. The second-order valence-corrected chi connectivity index (χ2v) is 10.9. The van der Waals surface area contributed by atoms with Crippen LogP contribution in [-0.4, -0.2) is 72.9 Å². The Morgan fingerprint density at radius 3 is 2.76 bits per heavy atom. The molecule has 0 aromatic heterocycles. The first kappa shape index (κ1) is 18.8. The minimum Gasteiger partial charge on any atom is -0.360 e. The molecule has 1 aromatic carbocycles. The number of likely N-dealkylation sites (tertiary alicyclic amines) is 1. The largest absolute Gasteiger partial charge is 0.360 e. The number of carbonyl (C=O) groups is 2. The van der Waals surface area contributed by atoms with E-state index in [1.54, 1.807) is 9.80 Å². The molecule has 2 bridgehead atoms. The van der Waals surface area contributed by atoms with Gasteiger partial charge >= 0.3 is 0 Å². The molecule has 4 aliphatic rings. The number of sulfone groups is 1. The molecule has 3 saturated heterocycles. The number of aryl methyl sites for hydroxylation is 1. The second kappa shape index (κ2) is 6.40. The van der Waals surface area contributed by atoms with E-state index in [4.69, 9.17) is 4.74 Å². The van der Waals surface area contributed by atoms with Crippen molar-refractivity contribution in [2.45, 2.75) is 25.2 Å². The molecule has 4 aliphatic heterocycles. The number of hydrogen-bond donors (Lipinski definition) is 0. The Kier molecular flexibility index (Phi) is 4.15. The Hall–Kier alpha value is -2.19. The first-order chi connectivity index (χ1) is 13.8. The van der Waals surface area contributed by atoms with Crippen LogP contribution in [0.4, 0.5) is 0 Å². The molecule has 0 saturated carbocycles.